The molecule has 30 heteroatoms. The lowest BCUT2D eigenvalue weighted by molar-refractivity contribution is -0.305. The number of ether oxygens (including phenoxy) is 1. The highest BCUT2D eigenvalue weighted by atomic mass is 32.2. The zero-order chi connectivity index (χ0) is 43.5. The van der Waals surface area contributed by atoms with E-state index < -0.39 is 90.5 Å². The lowest BCUT2D eigenvalue weighted by Gasteiger charge is -2.30. The molecule has 26 nitrogen and oxygen atoms in total. The molecule has 0 saturated carbocycles. The molecule has 2 amide bonds. The molecule has 0 spiro atoms. The van der Waals surface area contributed by atoms with Gasteiger partial charge >= 0.3 is 23.5 Å². The summed E-state index contributed by atoms with van der Waals surface area (Å²) in [6.07, 6.45) is -5.33. The Morgan fingerprint density at radius 2 is 1.67 bits per heavy atom. The van der Waals surface area contributed by atoms with Crippen LogP contribution in [0, 0.1) is 5.41 Å². The van der Waals surface area contributed by atoms with Crippen LogP contribution in [0.15, 0.2) is 12.7 Å². The molecule has 3 rings (SSSR count). The second-order valence-electron chi connectivity index (χ2n) is 13.2. The van der Waals surface area contributed by atoms with Crippen LogP contribution in [0.4, 0.5) is 5.82 Å². The Kier molecular flexibility index (Phi) is 18.3. The van der Waals surface area contributed by atoms with Crippen molar-refractivity contribution in [1.29, 1.82) is 0 Å². The van der Waals surface area contributed by atoms with Crippen molar-refractivity contribution in [3.05, 3.63) is 12.7 Å². The van der Waals surface area contributed by atoms with E-state index in [0.717, 1.165) is 29.0 Å². The number of phosphoric ester groups is 3. The van der Waals surface area contributed by atoms with Gasteiger partial charge < -0.3 is 60.8 Å². The minimum Gasteiger partial charge on any atom is -0.550 e. The third-order valence-electron chi connectivity index (χ3n) is 8.03. The fraction of sp³-hybridized carbons (Fsp3) is 0.679. The molecule has 0 bridgehead atoms. The molecule has 3 heterocycles. The maximum Gasteiger partial charge on any atom is 0.481 e. The summed E-state index contributed by atoms with van der Waals surface area (Å²) in [6.45, 7) is 0.333. The van der Waals surface area contributed by atoms with Crippen molar-refractivity contribution in [2.24, 2.45) is 5.41 Å². The number of carbonyl (C=O) groups is 4. The number of nitrogens with zero attached hydrogens (tertiary/aromatic N) is 4. The Morgan fingerprint density at radius 1 is 1.00 bits per heavy atom. The first-order chi connectivity index (χ1) is 26.9. The number of thioether (sulfide) groups is 1. The SMILES string of the molecule is CC(C)(COP(=O)(O)OP(=O)(O)OCC1OC(n2cnc3c(N)ncnc32)C(O)C1OP(=O)(O)O)C(O)C(=O)NCCC(=O)NCCSC(=O)CCCCCC(=O)[O-]. The maximum atomic E-state index is 12.7. The monoisotopic (exact) mass is 908 g/mol. The number of fused-ring (bicyclic) bond motifs is 1. The van der Waals surface area contributed by atoms with E-state index in [2.05, 4.69) is 34.4 Å². The Hall–Kier alpha value is -2.97. The molecular weight excluding hydrogens is 863 g/mol. The van der Waals surface area contributed by atoms with Crippen LogP contribution in [0.2, 0.25) is 0 Å². The third-order valence-corrected chi connectivity index (χ3v) is 12.1. The number of aliphatic carboxylic acids is 1. The van der Waals surface area contributed by atoms with Crippen LogP contribution < -0.4 is 21.5 Å². The summed E-state index contributed by atoms with van der Waals surface area (Å²) in [5.41, 5.74) is 4.22. The third kappa shape index (κ3) is 15.9. The predicted molar refractivity (Wildman–Crippen MR) is 195 cm³/mol. The summed E-state index contributed by atoms with van der Waals surface area (Å²) >= 11 is 1.01. The van der Waals surface area contributed by atoms with E-state index in [9.17, 15) is 67.8 Å². The number of nitrogen functional groups attached to an aromatic ring is 1. The summed E-state index contributed by atoms with van der Waals surface area (Å²) in [7, 11) is -16.4. The van der Waals surface area contributed by atoms with Crippen molar-refractivity contribution in [1.82, 2.24) is 30.2 Å². The minimum absolute atomic E-state index is 0.0216. The molecule has 0 aromatic carbocycles. The number of aliphatic hydroxyl groups is 2. The number of aliphatic hydroxyl groups excluding tert-OH is 2. The van der Waals surface area contributed by atoms with E-state index in [0.29, 0.717) is 19.3 Å². The molecule has 10 N–H and O–H groups in total. The van der Waals surface area contributed by atoms with Crippen molar-refractivity contribution < 1.29 is 90.4 Å². The van der Waals surface area contributed by atoms with E-state index in [1.165, 1.54) is 13.8 Å². The summed E-state index contributed by atoms with van der Waals surface area (Å²) in [4.78, 5) is 97.8. The van der Waals surface area contributed by atoms with Gasteiger partial charge in [0, 0.05) is 43.1 Å². The van der Waals surface area contributed by atoms with Gasteiger partial charge in [-0.2, -0.15) is 4.31 Å². The number of aromatic nitrogens is 4. The van der Waals surface area contributed by atoms with E-state index in [1.807, 2.05) is 0 Å². The van der Waals surface area contributed by atoms with Gasteiger partial charge in [0.15, 0.2) is 22.8 Å². The lowest BCUT2D eigenvalue weighted by atomic mass is 9.87. The number of anilines is 1. The second-order valence-corrected chi connectivity index (χ2v) is 18.6. The molecule has 2 aromatic heterocycles. The number of rotatable bonds is 25. The number of hydrogen-bond acceptors (Lipinski definition) is 20. The summed E-state index contributed by atoms with van der Waals surface area (Å²) in [6, 6.07) is 0. The highest BCUT2D eigenvalue weighted by Crippen LogP contribution is 2.61. The van der Waals surface area contributed by atoms with E-state index in [4.69, 9.17) is 19.5 Å². The number of nitrogens with one attached hydrogen (secondary N) is 2. The Balaban J connectivity index is 1.44. The van der Waals surface area contributed by atoms with E-state index >= 15 is 0 Å². The molecule has 1 aliphatic rings. The van der Waals surface area contributed by atoms with Gasteiger partial charge in [0.1, 0.15) is 36.3 Å². The molecule has 1 saturated heterocycles. The Bertz CT molecular complexity index is 1900. The molecule has 7 atom stereocenters. The molecule has 1 fully saturated rings. The minimum atomic E-state index is -5.59. The second kappa shape index (κ2) is 21.5. The lowest BCUT2D eigenvalue weighted by Crippen LogP contribution is -2.46. The van der Waals surface area contributed by atoms with Crippen molar-refractivity contribution in [2.45, 2.75) is 83.0 Å². The normalized spacial score (nSPS) is 21.2. The molecular formula is C28H45N7O19P3S-. The van der Waals surface area contributed by atoms with Crippen LogP contribution in [-0.2, 0) is 55.5 Å². The first-order valence-corrected chi connectivity index (χ1v) is 22.7. The largest absolute Gasteiger partial charge is 0.550 e. The Morgan fingerprint density at radius 3 is 2.34 bits per heavy atom. The van der Waals surface area contributed by atoms with E-state index in [1.54, 1.807) is 0 Å². The fourth-order valence-electron chi connectivity index (χ4n) is 5.08. The smallest absolute Gasteiger partial charge is 0.481 e. The molecule has 2 aromatic rings. The van der Waals surface area contributed by atoms with Gasteiger partial charge in [0.25, 0.3) is 0 Å². The van der Waals surface area contributed by atoms with Crippen molar-refractivity contribution in [3.63, 3.8) is 0 Å². The van der Waals surface area contributed by atoms with Gasteiger partial charge in [-0.3, -0.25) is 32.5 Å². The van der Waals surface area contributed by atoms with Gasteiger partial charge in [0.05, 0.1) is 19.5 Å². The zero-order valence-corrected chi connectivity index (χ0v) is 34.4. The highest BCUT2D eigenvalue weighted by Gasteiger charge is 2.50. The van der Waals surface area contributed by atoms with Gasteiger partial charge in [-0.15, -0.1) is 0 Å². The van der Waals surface area contributed by atoms with Crippen molar-refractivity contribution in [3.8, 4) is 0 Å². The molecule has 58 heavy (non-hydrogen) atoms. The van der Waals surface area contributed by atoms with Crippen molar-refractivity contribution in [2.75, 3.05) is 37.8 Å². The Labute approximate surface area is 334 Å². The van der Waals surface area contributed by atoms with Crippen LogP contribution in [0.5, 0.6) is 0 Å². The van der Waals surface area contributed by atoms with Gasteiger partial charge in [-0.05, 0) is 19.3 Å². The fourth-order valence-corrected chi connectivity index (χ4v) is 8.63. The van der Waals surface area contributed by atoms with Crippen LogP contribution in [0.3, 0.4) is 0 Å². The molecule has 1 aliphatic heterocycles. The first kappa shape index (κ1) is 49.4. The number of phosphoric acid groups is 3. The predicted octanol–water partition coefficient (Wildman–Crippen LogP) is -1.63. The number of amides is 2. The first-order valence-electron chi connectivity index (χ1n) is 17.2. The van der Waals surface area contributed by atoms with Gasteiger partial charge in [-0.25, -0.2) is 28.6 Å². The molecule has 7 unspecified atom stereocenters. The maximum absolute atomic E-state index is 12.7. The number of carbonyl (C=O) groups excluding carboxylic acids is 4. The topological polar surface area (TPSA) is 404 Å². The molecule has 328 valence electrons. The average molecular weight is 909 g/mol. The molecule has 0 aliphatic carbocycles. The van der Waals surface area contributed by atoms with E-state index in [-0.39, 0.29) is 60.2 Å². The van der Waals surface area contributed by atoms with Crippen molar-refractivity contribution >= 4 is 75.1 Å². The zero-order valence-electron chi connectivity index (χ0n) is 30.9. The van der Waals surface area contributed by atoms with Crippen LogP contribution >= 0.6 is 35.2 Å². The van der Waals surface area contributed by atoms with Crippen LogP contribution in [0.1, 0.15) is 58.6 Å². The standard InChI is InChI=1S/C28H46N7O19P3S/c1-28(2,23(41)26(42)31-9-8-17(36)30-10-11-58-19(39)7-5-3-4-6-18(37)38)13-51-57(48,49)54-56(46,47)50-12-16-22(53-55(43,44)45)21(40)27(52-16)35-15-34-20-24(29)32-14-33-25(20)35/h14-16,21-23,27,40-41H,3-13H2,1-2H3,(H,30,36)(H,31,42)(H,37,38)(H,46,47)(H,48,49)(H2,29,32,33)(H2,43,44,45)/p-1. The van der Waals surface area contributed by atoms with Gasteiger partial charge in [0.2, 0.25) is 11.8 Å². The number of carboxylic acid groups (broad SMARTS) is 1. The summed E-state index contributed by atoms with van der Waals surface area (Å²) in [5.74, 6) is -2.39. The summed E-state index contributed by atoms with van der Waals surface area (Å²) in [5, 5.41) is 36.6. The number of carboxylic acids is 1. The van der Waals surface area contributed by atoms with Crippen LogP contribution in [0.25, 0.3) is 11.2 Å². The molecule has 0 radical (unpaired) electrons. The van der Waals surface area contributed by atoms with Gasteiger partial charge in [-0.1, -0.05) is 32.0 Å². The quantitative estimate of drug-likeness (QED) is 0.0399. The number of unbranched alkanes of at least 4 members (excludes halogenated alkanes) is 2. The average Bonchev–Trinajstić information content (AvgIpc) is 3.67. The number of imidazole rings is 1. The summed E-state index contributed by atoms with van der Waals surface area (Å²) < 4.78 is 62.0. The highest BCUT2D eigenvalue weighted by molar-refractivity contribution is 8.13. The number of nitrogens with two attached hydrogens (primary N) is 1. The number of hydrogen-bond donors (Lipinski definition) is 9. The van der Waals surface area contributed by atoms with Crippen LogP contribution in [-0.4, -0.2) is 129 Å².